The van der Waals surface area contributed by atoms with E-state index >= 15 is 0 Å². The number of anilines is 1. The number of nitrogens with zero attached hydrogens (tertiary/aromatic N) is 1. The normalized spacial score (nSPS) is 19.1. The Morgan fingerprint density at radius 3 is 2.95 bits per heavy atom. The number of aromatic amines is 1. The Kier molecular flexibility index (Phi) is 3.74. The van der Waals surface area contributed by atoms with Crippen molar-refractivity contribution >= 4 is 16.6 Å². The second kappa shape index (κ2) is 5.67. The van der Waals surface area contributed by atoms with Gasteiger partial charge in [-0.1, -0.05) is 24.6 Å². The maximum absolute atomic E-state index is 12.1. The molecule has 2 heterocycles. The van der Waals surface area contributed by atoms with Crippen molar-refractivity contribution < 1.29 is 0 Å². The zero-order valence-electron chi connectivity index (χ0n) is 11.9. The van der Waals surface area contributed by atoms with Gasteiger partial charge in [-0.2, -0.15) is 0 Å². The number of fused-ring (bicyclic) bond motifs is 1. The number of hydrogen-bond donors (Lipinski definition) is 2. The number of nitrogens with one attached hydrogen (secondary N) is 2. The molecule has 1 fully saturated rings. The highest BCUT2D eigenvalue weighted by Gasteiger charge is 2.15. The zero-order valence-corrected chi connectivity index (χ0v) is 11.9. The van der Waals surface area contributed by atoms with Crippen LogP contribution >= 0.6 is 0 Å². The van der Waals surface area contributed by atoms with Crippen LogP contribution in [0.5, 0.6) is 0 Å². The van der Waals surface area contributed by atoms with E-state index in [9.17, 15) is 4.79 Å². The summed E-state index contributed by atoms with van der Waals surface area (Å²) < 4.78 is 0. The van der Waals surface area contributed by atoms with Crippen molar-refractivity contribution in [3.05, 3.63) is 40.7 Å². The van der Waals surface area contributed by atoms with Gasteiger partial charge in [0.15, 0.2) is 0 Å². The number of benzene rings is 1. The van der Waals surface area contributed by atoms with E-state index in [4.69, 9.17) is 0 Å². The molecule has 1 aliphatic heterocycles. The van der Waals surface area contributed by atoms with Crippen LogP contribution in [0.4, 0.5) is 5.82 Å². The maximum atomic E-state index is 12.1. The van der Waals surface area contributed by atoms with Crippen molar-refractivity contribution in [2.45, 2.75) is 25.3 Å². The minimum Gasteiger partial charge on any atom is -0.360 e. The average molecular weight is 271 g/mol. The summed E-state index contributed by atoms with van der Waals surface area (Å²) in [6.07, 6.45) is 3.77. The first-order valence-electron chi connectivity index (χ1n) is 7.30. The molecule has 0 bridgehead atoms. The molecule has 1 aromatic carbocycles. The predicted molar refractivity (Wildman–Crippen MR) is 83.5 cm³/mol. The van der Waals surface area contributed by atoms with Gasteiger partial charge in [0.05, 0.1) is 0 Å². The number of likely N-dealkylation sites (N-methyl/N-ethyl adjacent to an activating group) is 1. The van der Waals surface area contributed by atoms with Gasteiger partial charge < -0.3 is 15.2 Å². The number of aromatic nitrogens is 1. The SMILES string of the molecule is CN(CC1CCCCN1)c1cc2ccccc2c(=O)[nH]1. The molecule has 4 heteroatoms. The molecular weight excluding hydrogens is 250 g/mol. The van der Waals surface area contributed by atoms with E-state index in [1.807, 2.05) is 31.3 Å². The summed E-state index contributed by atoms with van der Waals surface area (Å²) in [7, 11) is 2.04. The highest BCUT2D eigenvalue weighted by molar-refractivity contribution is 5.83. The summed E-state index contributed by atoms with van der Waals surface area (Å²) >= 11 is 0. The Morgan fingerprint density at radius 2 is 2.15 bits per heavy atom. The third-order valence-electron chi connectivity index (χ3n) is 4.06. The van der Waals surface area contributed by atoms with E-state index in [0.717, 1.165) is 29.7 Å². The molecule has 4 nitrogen and oxygen atoms in total. The lowest BCUT2D eigenvalue weighted by Crippen LogP contribution is -2.42. The molecule has 0 saturated carbocycles. The lowest BCUT2D eigenvalue weighted by molar-refractivity contribution is 0.403. The Labute approximate surface area is 118 Å². The third-order valence-corrected chi connectivity index (χ3v) is 4.06. The summed E-state index contributed by atoms with van der Waals surface area (Å²) in [5.41, 5.74) is -0.0125. The minimum atomic E-state index is -0.0125. The Balaban J connectivity index is 1.83. The highest BCUT2D eigenvalue weighted by atomic mass is 16.1. The number of pyridine rings is 1. The van der Waals surface area contributed by atoms with E-state index in [0.29, 0.717) is 6.04 Å². The topological polar surface area (TPSA) is 48.1 Å². The quantitative estimate of drug-likeness (QED) is 0.899. The highest BCUT2D eigenvalue weighted by Crippen LogP contribution is 2.17. The van der Waals surface area contributed by atoms with Gasteiger partial charge in [-0.25, -0.2) is 0 Å². The lowest BCUT2D eigenvalue weighted by Gasteiger charge is -2.29. The van der Waals surface area contributed by atoms with Crippen molar-refractivity contribution in [1.82, 2.24) is 10.3 Å². The van der Waals surface area contributed by atoms with Crippen LogP contribution in [-0.2, 0) is 0 Å². The van der Waals surface area contributed by atoms with E-state index in [2.05, 4.69) is 21.3 Å². The van der Waals surface area contributed by atoms with Crippen molar-refractivity contribution in [1.29, 1.82) is 0 Å². The first kappa shape index (κ1) is 13.2. The third kappa shape index (κ3) is 2.70. The second-order valence-corrected chi connectivity index (χ2v) is 5.60. The van der Waals surface area contributed by atoms with Crippen LogP contribution in [0.15, 0.2) is 35.1 Å². The molecule has 1 aliphatic rings. The number of piperidine rings is 1. The monoisotopic (exact) mass is 271 g/mol. The van der Waals surface area contributed by atoms with Gasteiger partial charge in [0.1, 0.15) is 5.82 Å². The minimum absolute atomic E-state index is 0.0125. The van der Waals surface area contributed by atoms with Gasteiger partial charge in [0.25, 0.3) is 5.56 Å². The molecule has 1 atom stereocenters. The summed E-state index contributed by atoms with van der Waals surface area (Å²) in [5.74, 6) is 0.890. The van der Waals surface area contributed by atoms with E-state index < -0.39 is 0 Å². The smallest absolute Gasteiger partial charge is 0.257 e. The molecule has 1 unspecified atom stereocenters. The lowest BCUT2D eigenvalue weighted by atomic mass is 10.0. The van der Waals surface area contributed by atoms with Crippen LogP contribution in [0.1, 0.15) is 19.3 Å². The molecule has 1 saturated heterocycles. The van der Waals surface area contributed by atoms with Gasteiger partial charge in [0, 0.05) is 25.0 Å². The molecule has 3 rings (SSSR count). The van der Waals surface area contributed by atoms with Crippen LogP contribution < -0.4 is 15.8 Å². The van der Waals surface area contributed by atoms with Crippen molar-refractivity contribution in [3.63, 3.8) is 0 Å². The molecule has 2 aromatic rings. The summed E-state index contributed by atoms with van der Waals surface area (Å²) in [5, 5.41) is 5.28. The summed E-state index contributed by atoms with van der Waals surface area (Å²) in [4.78, 5) is 17.2. The Bertz CT molecular complexity index is 643. The van der Waals surface area contributed by atoms with Crippen LogP contribution in [0.2, 0.25) is 0 Å². The molecule has 0 amide bonds. The molecular formula is C16H21N3O. The van der Waals surface area contributed by atoms with Crippen LogP contribution in [-0.4, -0.2) is 31.2 Å². The van der Waals surface area contributed by atoms with Crippen molar-refractivity contribution in [3.8, 4) is 0 Å². The number of rotatable bonds is 3. The summed E-state index contributed by atoms with van der Waals surface area (Å²) in [6, 6.07) is 10.3. The first-order valence-corrected chi connectivity index (χ1v) is 7.30. The maximum Gasteiger partial charge on any atom is 0.257 e. The van der Waals surface area contributed by atoms with Gasteiger partial charge in [-0.05, 0) is 36.9 Å². The molecule has 106 valence electrons. The van der Waals surface area contributed by atoms with Crippen LogP contribution in [0, 0.1) is 0 Å². The fraction of sp³-hybridized carbons (Fsp3) is 0.438. The Morgan fingerprint density at radius 1 is 1.30 bits per heavy atom. The Hall–Kier alpha value is -1.81. The molecule has 2 N–H and O–H groups in total. The van der Waals surface area contributed by atoms with Crippen LogP contribution in [0.3, 0.4) is 0 Å². The number of H-pyrrole nitrogens is 1. The van der Waals surface area contributed by atoms with Crippen molar-refractivity contribution in [2.24, 2.45) is 0 Å². The van der Waals surface area contributed by atoms with Gasteiger partial charge >= 0.3 is 0 Å². The average Bonchev–Trinajstić information content (AvgIpc) is 2.48. The zero-order chi connectivity index (χ0) is 13.9. The van der Waals surface area contributed by atoms with E-state index in [1.54, 1.807) is 0 Å². The fourth-order valence-corrected chi connectivity index (χ4v) is 2.91. The van der Waals surface area contributed by atoms with Gasteiger partial charge in [0.2, 0.25) is 0 Å². The molecule has 0 aliphatic carbocycles. The molecule has 0 radical (unpaired) electrons. The molecule has 1 aromatic heterocycles. The number of hydrogen-bond acceptors (Lipinski definition) is 3. The van der Waals surface area contributed by atoms with Crippen molar-refractivity contribution in [2.75, 3.05) is 25.0 Å². The van der Waals surface area contributed by atoms with Gasteiger partial charge in [-0.3, -0.25) is 4.79 Å². The predicted octanol–water partition coefficient (Wildman–Crippen LogP) is 2.11. The second-order valence-electron chi connectivity index (χ2n) is 5.60. The molecule has 20 heavy (non-hydrogen) atoms. The molecule has 0 spiro atoms. The summed E-state index contributed by atoms with van der Waals surface area (Å²) in [6.45, 7) is 2.03. The fourth-order valence-electron chi connectivity index (χ4n) is 2.91. The van der Waals surface area contributed by atoms with E-state index in [-0.39, 0.29) is 5.56 Å². The van der Waals surface area contributed by atoms with E-state index in [1.165, 1.54) is 19.3 Å². The standard InChI is InChI=1S/C16H21N3O/c1-19(11-13-7-4-5-9-17-13)15-10-12-6-2-3-8-14(12)16(20)18-15/h2-3,6,8,10,13,17H,4-5,7,9,11H2,1H3,(H,18,20). The van der Waals surface area contributed by atoms with Crippen LogP contribution in [0.25, 0.3) is 10.8 Å². The first-order chi connectivity index (χ1) is 9.74. The van der Waals surface area contributed by atoms with Gasteiger partial charge in [-0.15, -0.1) is 0 Å². The largest absolute Gasteiger partial charge is 0.360 e.